The van der Waals surface area contributed by atoms with Crippen molar-refractivity contribution in [3.05, 3.63) is 0 Å². The van der Waals surface area contributed by atoms with E-state index in [9.17, 15) is 4.79 Å². The molecule has 0 N–H and O–H groups in total. The highest BCUT2D eigenvalue weighted by Gasteiger charge is 2.52. The van der Waals surface area contributed by atoms with Crippen LogP contribution in [0.1, 0.15) is 6.42 Å². The fourth-order valence-electron chi connectivity index (χ4n) is 1.79. The molecule has 10 heavy (non-hydrogen) atoms. The summed E-state index contributed by atoms with van der Waals surface area (Å²) in [6, 6.07) is -0.0880. The highest BCUT2D eigenvalue weighted by Crippen LogP contribution is 2.48. The Morgan fingerprint density at radius 2 is 2.50 bits per heavy atom. The molecule has 0 amide bonds. The number of carbonyl (C=O) groups is 1. The van der Waals surface area contributed by atoms with Crippen LogP contribution in [-0.4, -0.2) is 23.8 Å². The quantitative estimate of drug-likeness (QED) is 0.376. The van der Waals surface area contributed by atoms with Gasteiger partial charge in [-0.25, -0.2) is 0 Å². The topological polar surface area (TPSA) is 44.1 Å². The van der Waals surface area contributed by atoms with Crippen molar-refractivity contribution in [3.8, 4) is 6.19 Å². The Kier molecular flexibility index (Phi) is 0.986. The first-order valence-corrected chi connectivity index (χ1v) is 3.48. The molecule has 3 atom stereocenters. The predicted octanol–water partition coefficient (Wildman–Crippen LogP) is -0.0133. The van der Waals surface area contributed by atoms with Crippen LogP contribution in [0, 0.1) is 23.3 Å². The maximum absolute atomic E-state index is 10.4. The second-order valence-corrected chi connectivity index (χ2v) is 3.04. The molecule has 0 spiro atoms. The molecule has 1 saturated carbocycles. The van der Waals surface area contributed by atoms with Gasteiger partial charge >= 0.3 is 0 Å². The molecule has 2 aliphatic rings. The zero-order valence-electron chi connectivity index (χ0n) is 5.53. The van der Waals surface area contributed by atoms with Crippen LogP contribution in [0.25, 0.3) is 0 Å². The molecule has 1 aliphatic heterocycles. The molecule has 1 heterocycles. The molecule has 3 unspecified atom stereocenters. The van der Waals surface area contributed by atoms with Crippen LogP contribution in [0.5, 0.6) is 0 Å². The number of nitriles is 1. The first kappa shape index (κ1) is 5.72. The fourth-order valence-corrected chi connectivity index (χ4v) is 1.79. The van der Waals surface area contributed by atoms with E-state index in [1.807, 2.05) is 6.19 Å². The number of aldehydes is 1. The average molecular weight is 136 g/mol. The van der Waals surface area contributed by atoms with Crippen molar-refractivity contribution < 1.29 is 4.79 Å². The van der Waals surface area contributed by atoms with Gasteiger partial charge < -0.3 is 4.79 Å². The highest BCUT2D eigenvalue weighted by atomic mass is 16.1. The van der Waals surface area contributed by atoms with Gasteiger partial charge in [0.25, 0.3) is 0 Å². The normalized spacial score (nSPS) is 42.3. The van der Waals surface area contributed by atoms with Crippen LogP contribution in [0.15, 0.2) is 0 Å². The average Bonchev–Trinajstić information content (AvgIpc) is 2.63. The lowest BCUT2D eigenvalue weighted by atomic mass is 10.2. The van der Waals surface area contributed by atoms with E-state index in [-0.39, 0.29) is 6.04 Å². The van der Waals surface area contributed by atoms with Gasteiger partial charge in [-0.3, -0.25) is 4.90 Å². The van der Waals surface area contributed by atoms with Gasteiger partial charge in [0.1, 0.15) is 6.29 Å². The highest BCUT2D eigenvalue weighted by molar-refractivity contribution is 5.61. The molecular weight excluding hydrogens is 128 g/mol. The number of hydrogen-bond donors (Lipinski definition) is 0. The third-order valence-electron chi connectivity index (χ3n) is 2.47. The molecule has 3 nitrogen and oxygen atoms in total. The van der Waals surface area contributed by atoms with Crippen molar-refractivity contribution in [1.82, 2.24) is 4.90 Å². The standard InChI is InChI=1S/C7H8N2O/c8-4-9-2-5-1-6(5)7(9)3-10/h3,5-7H,1-2H2. The van der Waals surface area contributed by atoms with Gasteiger partial charge in [0.15, 0.2) is 6.19 Å². The van der Waals surface area contributed by atoms with E-state index in [2.05, 4.69) is 0 Å². The molecule has 0 aromatic carbocycles. The van der Waals surface area contributed by atoms with Crippen molar-refractivity contribution >= 4 is 6.29 Å². The Balaban J connectivity index is 2.13. The lowest BCUT2D eigenvalue weighted by molar-refractivity contribution is -0.111. The fraction of sp³-hybridized carbons (Fsp3) is 0.714. The smallest absolute Gasteiger partial charge is 0.180 e. The Hall–Kier alpha value is -1.04. The molecule has 2 fully saturated rings. The first-order chi connectivity index (χ1) is 4.86. The number of carbonyl (C=O) groups excluding carboxylic acids is 1. The van der Waals surface area contributed by atoms with Gasteiger partial charge in [-0.15, -0.1) is 0 Å². The number of nitrogens with zero attached hydrogens (tertiary/aromatic N) is 2. The van der Waals surface area contributed by atoms with Crippen molar-refractivity contribution in [2.75, 3.05) is 6.54 Å². The molecule has 0 aromatic rings. The molecule has 1 saturated heterocycles. The molecule has 0 radical (unpaired) electrons. The van der Waals surface area contributed by atoms with E-state index in [0.717, 1.165) is 19.3 Å². The van der Waals surface area contributed by atoms with Crippen LogP contribution >= 0.6 is 0 Å². The lowest BCUT2D eigenvalue weighted by Gasteiger charge is -2.14. The number of piperidine rings is 1. The lowest BCUT2D eigenvalue weighted by Crippen LogP contribution is -2.29. The van der Waals surface area contributed by atoms with Crippen LogP contribution in [0.2, 0.25) is 0 Å². The predicted molar refractivity (Wildman–Crippen MR) is 33.8 cm³/mol. The zero-order chi connectivity index (χ0) is 7.14. The second kappa shape index (κ2) is 1.72. The van der Waals surface area contributed by atoms with Gasteiger partial charge in [-0.05, 0) is 18.3 Å². The third-order valence-corrected chi connectivity index (χ3v) is 2.47. The molecule has 1 aliphatic carbocycles. The van der Waals surface area contributed by atoms with E-state index < -0.39 is 0 Å². The molecule has 2 rings (SSSR count). The molecule has 0 bridgehead atoms. The Bertz CT molecular complexity index is 208. The number of hydrogen-bond acceptors (Lipinski definition) is 3. The van der Waals surface area contributed by atoms with Crippen LogP contribution < -0.4 is 0 Å². The van der Waals surface area contributed by atoms with E-state index in [0.29, 0.717) is 11.8 Å². The maximum atomic E-state index is 10.4. The summed E-state index contributed by atoms with van der Waals surface area (Å²) < 4.78 is 0. The van der Waals surface area contributed by atoms with Crippen LogP contribution in [0.4, 0.5) is 0 Å². The number of likely N-dealkylation sites (tertiary alicyclic amines) is 1. The molecule has 52 valence electrons. The minimum absolute atomic E-state index is 0.0880. The minimum atomic E-state index is -0.0880. The zero-order valence-corrected chi connectivity index (χ0v) is 5.53. The summed E-state index contributed by atoms with van der Waals surface area (Å²) >= 11 is 0. The summed E-state index contributed by atoms with van der Waals surface area (Å²) in [4.78, 5) is 12.0. The Labute approximate surface area is 59.2 Å². The second-order valence-electron chi connectivity index (χ2n) is 3.04. The first-order valence-electron chi connectivity index (χ1n) is 3.48. The minimum Gasteiger partial charge on any atom is -0.301 e. The van der Waals surface area contributed by atoms with Gasteiger partial charge in [0, 0.05) is 6.54 Å². The number of fused-ring (bicyclic) bond motifs is 1. The Morgan fingerprint density at radius 1 is 1.70 bits per heavy atom. The van der Waals surface area contributed by atoms with Gasteiger partial charge in [0.2, 0.25) is 0 Å². The summed E-state index contributed by atoms with van der Waals surface area (Å²) in [7, 11) is 0. The molecule has 3 heteroatoms. The Morgan fingerprint density at radius 3 is 3.00 bits per heavy atom. The van der Waals surface area contributed by atoms with Crippen molar-refractivity contribution in [3.63, 3.8) is 0 Å². The number of rotatable bonds is 1. The van der Waals surface area contributed by atoms with Gasteiger partial charge in [-0.2, -0.15) is 5.26 Å². The van der Waals surface area contributed by atoms with Gasteiger partial charge in [-0.1, -0.05) is 0 Å². The summed E-state index contributed by atoms with van der Waals surface area (Å²) in [5.41, 5.74) is 0. The summed E-state index contributed by atoms with van der Waals surface area (Å²) in [6.07, 6.45) is 4.09. The molecule has 0 aromatic heterocycles. The van der Waals surface area contributed by atoms with Crippen LogP contribution in [-0.2, 0) is 4.79 Å². The largest absolute Gasteiger partial charge is 0.301 e. The third kappa shape index (κ3) is 0.563. The summed E-state index contributed by atoms with van der Waals surface area (Å²) in [6.45, 7) is 0.810. The van der Waals surface area contributed by atoms with Crippen molar-refractivity contribution in [1.29, 1.82) is 5.26 Å². The van der Waals surface area contributed by atoms with E-state index in [1.165, 1.54) is 0 Å². The SMILES string of the molecule is N#CN1CC2CC2C1C=O. The molecular formula is C7H8N2O. The van der Waals surface area contributed by atoms with E-state index >= 15 is 0 Å². The summed E-state index contributed by atoms with van der Waals surface area (Å²) in [5, 5.41) is 8.52. The van der Waals surface area contributed by atoms with Crippen molar-refractivity contribution in [2.24, 2.45) is 11.8 Å². The summed E-state index contributed by atoms with van der Waals surface area (Å²) in [5.74, 6) is 1.16. The maximum Gasteiger partial charge on any atom is 0.180 e. The monoisotopic (exact) mass is 136 g/mol. The van der Waals surface area contributed by atoms with E-state index in [4.69, 9.17) is 5.26 Å². The van der Waals surface area contributed by atoms with E-state index in [1.54, 1.807) is 4.90 Å². The van der Waals surface area contributed by atoms with Crippen molar-refractivity contribution in [2.45, 2.75) is 12.5 Å². The van der Waals surface area contributed by atoms with Gasteiger partial charge in [0.05, 0.1) is 6.04 Å². The van der Waals surface area contributed by atoms with Crippen LogP contribution in [0.3, 0.4) is 0 Å².